The second-order valence-corrected chi connectivity index (χ2v) is 8.34. The third-order valence-corrected chi connectivity index (χ3v) is 6.19. The lowest BCUT2D eigenvalue weighted by Gasteiger charge is -2.43. The first-order valence-electron chi connectivity index (χ1n) is 10.4. The van der Waals surface area contributed by atoms with Crippen LogP contribution in [0.3, 0.4) is 0 Å². The number of amides is 1. The summed E-state index contributed by atoms with van der Waals surface area (Å²) in [7, 11) is 4.71. The lowest BCUT2D eigenvalue weighted by Crippen LogP contribution is -2.48. The van der Waals surface area contributed by atoms with Crippen molar-refractivity contribution in [2.75, 3.05) is 7.05 Å². The Balaban J connectivity index is 2.19. The van der Waals surface area contributed by atoms with Crippen LogP contribution in [0.25, 0.3) is 0 Å². The average Bonchev–Trinajstić information content (AvgIpc) is 2.69. The maximum atomic E-state index is 13.2. The molecule has 2 unspecified atom stereocenters. The normalized spacial score (nSPS) is 12.6. The molecule has 1 amide bonds. The van der Waals surface area contributed by atoms with Gasteiger partial charge in [-0.1, -0.05) is 81.3 Å². The minimum atomic E-state index is -0.264. The molecule has 28 heavy (non-hydrogen) atoms. The molecule has 3 nitrogen and oxygen atoms in total. The van der Waals surface area contributed by atoms with Gasteiger partial charge in [0.05, 0.1) is 5.54 Å². The smallest absolute Gasteiger partial charge is 0.224 e. The Hall–Kier alpha value is -1.70. The fourth-order valence-corrected chi connectivity index (χ4v) is 4.52. The van der Waals surface area contributed by atoms with Gasteiger partial charge in [-0.25, -0.2) is 0 Å². The van der Waals surface area contributed by atoms with Crippen molar-refractivity contribution in [1.82, 2.24) is 4.90 Å². The summed E-state index contributed by atoms with van der Waals surface area (Å²) in [5.41, 5.74) is 8.53. The van der Waals surface area contributed by atoms with Gasteiger partial charge in [0.2, 0.25) is 5.91 Å². The summed E-state index contributed by atoms with van der Waals surface area (Å²) in [5.74, 6) is 0.125. The summed E-state index contributed by atoms with van der Waals surface area (Å²) in [6, 6.07) is 18.5. The van der Waals surface area contributed by atoms with Crippen LogP contribution >= 0.6 is 9.24 Å². The molecule has 152 valence electrons. The number of benzene rings is 2. The van der Waals surface area contributed by atoms with Crippen molar-refractivity contribution < 1.29 is 4.79 Å². The van der Waals surface area contributed by atoms with E-state index in [2.05, 4.69) is 59.5 Å². The Morgan fingerprint density at radius 1 is 1.04 bits per heavy atom. The number of nitrogens with zero attached hydrogens (tertiary/aromatic N) is 1. The zero-order valence-electron chi connectivity index (χ0n) is 17.5. The molecular weight excluding hydrogens is 363 g/mol. The minimum Gasteiger partial charge on any atom is -0.336 e. The van der Waals surface area contributed by atoms with E-state index in [0.717, 1.165) is 31.0 Å². The van der Waals surface area contributed by atoms with Gasteiger partial charge < -0.3 is 10.6 Å². The zero-order valence-corrected chi connectivity index (χ0v) is 18.7. The highest BCUT2D eigenvalue weighted by molar-refractivity contribution is 7.27. The highest BCUT2D eigenvalue weighted by Crippen LogP contribution is 2.37. The fourth-order valence-electron chi connectivity index (χ4n) is 4.19. The number of hydrogen-bond donors (Lipinski definition) is 1. The molecule has 2 rings (SSSR count). The van der Waals surface area contributed by atoms with Gasteiger partial charge in [0.15, 0.2) is 0 Å². The summed E-state index contributed by atoms with van der Waals surface area (Å²) in [6.45, 7) is 4.38. The van der Waals surface area contributed by atoms with Crippen LogP contribution in [0, 0.1) is 0 Å². The molecule has 0 aliphatic heterocycles. The van der Waals surface area contributed by atoms with Gasteiger partial charge in [0.1, 0.15) is 0 Å². The van der Waals surface area contributed by atoms with Crippen molar-refractivity contribution in [1.29, 1.82) is 0 Å². The molecular formula is C24H35N2OP. The van der Waals surface area contributed by atoms with Gasteiger partial charge in [-0.05, 0) is 35.7 Å². The van der Waals surface area contributed by atoms with Crippen LogP contribution in [0.1, 0.15) is 57.1 Å². The van der Waals surface area contributed by atoms with E-state index in [1.54, 1.807) is 0 Å². The number of nitrogens with two attached hydrogens (primary N) is 1. The zero-order chi connectivity index (χ0) is 20.6. The molecule has 0 spiro atoms. The lowest BCUT2D eigenvalue weighted by molar-refractivity contribution is -0.137. The van der Waals surface area contributed by atoms with Gasteiger partial charge in [-0.2, -0.15) is 0 Å². The van der Waals surface area contributed by atoms with Crippen molar-refractivity contribution in [3.63, 3.8) is 0 Å². The highest BCUT2D eigenvalue weighted by atomic mass is 31.0. The summed E-state index contributed by atoms with van der Waals surface area (Å²) >= 11 is 0. The van der Waals surface area contributed by atoms with Crippen molar-refractivity contribution >= 4 is 20.5 Å². The molecule has 2 atom stereocenters. The molecule has 2 N–H and O–H groups in total. The summed E-state index contributed by atoms with van der Waals surface area (Å²) in [6.07, 6.45) is 5.03. The first kappa shape index (κ1) is 22.6. The molecule has 0 bridgehead atoms. The van der Waals surface area contributed by atoms with E-state index in [9.17, 15) is 4.79 Å². The van der Waals surface area contributed by atoms with Crippen molar-refractivity contribution in [2.45, 2.75) is 64.0 Å². The van der Waals surface area contributed by atoms with Gasteiger partial charge in [-0.15, -0.1) is 9.24 Å². The molecule has 2 aromatic rings. The maximum absolute atomic E-state index is 13.2. The first-order valence-corrected chi connectivity index (χ1v) is 10.9. The molecule has 0 aliphatic rings. The van der Waals surface area contributed by atoms with Gasteiger partial charge in [0.25, 0.3) is 0 Å². The molecule has 0 fully saturated rings. The number of hydrogen-bond acceptors (Lipinski definition) is 2. The summed E-state index contributed by atoms with van der Waals surface area (Å²) < 4.78 is 0. The topological polar surface area (TPSA) is 46.3 Å². The van der Waals surface area contributed by atoms with Crippen molar-refractivity contribution in [3.05, 3.63) is 65.7 Å². The Kier molecular flexibility index (Phi) is 8.66. The molecule has 0 heterocycles. The molecule has 0 aromatic heterocycles. The second-order valence-electron chi connectivity index (χ2n) is 7.72. The highest BCUT2D eigenvalue weighted by Gasteiger charge is 2.37. The predicted octanol–water partition coefficient (Wildman–Crippen LogP) is 4.40. The largest absolute Gasteiger partial charge is 0.336 e. The summed E-state index contributed by atoms with van der Waals surface area (Å²) in [4.78, 5) is 15.2. The van der Waals surface area contributed by atoms with Crippen LogP contribution in [0.15, 0.2) is 54.6 Å². The average molecular weight is 399 g/mol. The number of carbonyl (C=O) groups excluding carboxylic acids is 1. The van der Waals surface area contributed by atoms with Gasteiger partial charge >= 0.3 is 0 Å². The number of rotatable bonds is 10. The fraction of sp³-hybridized carbons (Fsp3) is 0.458. The van der Waals surface area contributed by atoms with Crippen LogP contribution in [-0.4, -0.2) is 23.9 Å². The van der Waals surface area contributed by atoms with E-state index >= 15 is 0 Å². The van der Waals surface area contributed by atoms with Crippen LogP contribution in [0.4, 0.5) is 0 Å². The lowest BCUT2D eigenvalue weighted by atomic mass is 9.80. The third-order valence-electron chi connectivity index (χ3n) is 5.63. The number of carbonyl (C=O) groups is 1. The Bertz CT molecular complexity index is 741. The Morgan fingerprint density at radius 3 is 2.18 bits per heavy atom. The molecule has 0 saturated heterocycles. The SMILES string of the molecule is CCCC(CCC)(c1ccccc1)N(C)C(=O)CC(N)Cc1ccccc1P. The summed E-state index contributed by atoms with van der Waals surface area (Å²) in [5, 5.41) is 1.15. The Morgan fingerprint density at radius 2 is 1.61 bits per heavy atom. The molecule has 0 aliphatic carbocycles. The molecule has 0 radical (unpaired) electrons. The van der Waals surface area contributed by atoms with E-state index in [0.29, 0.717) is 12.8 Å². The molecule has 2 aromatic carbocycles. The predicted molar refractivity (Wildman–Crippen MR) is 123 cm³/mol. The molecule has 4 heteroatoms. The van der Waals surface area contributed by atoms with E-state index in [4.69, 9.17) is 5.73 Å². The van der Waals surface area contributed by atoms with Crippen LogP contribution in [-0.2, 0) is 16.8 Å². The quantitative estimate of drug-likeness (QED) is 0.603. The van der Waals surface area contributed by atoms with Crippen LogP contribution < -0.4 is 11.0 Å². The van der Waals surface area contributed by atoms with E-state index < -0.39 is 0 Å². The van der Waals surface area contributed by atoms with E-state index in [-0.39, 0.29) is 17.5 Å². The van der Waals surface area contributed by atoms with Crippen molar-refractivity contribution in [2.24, 2.45) is 5.73 Å². The first-order chi connectivity index (χ1) is 13.4. The van der Waals surface area contributed by atoms with Crippen LogP contribution in [0.5, 0.6) is 0 Å². The minimum absolute atomic E-state index is 0.125. The van der Waals surface area contributed by atoms with Gasteiger partial charge in [0, 0.05) is 19.5 Å². The monoisotopic (exact) mass is 398 g/mol. The maximum Gasteiger partial charge on any atom is 0.224 e. The Labute approximate surface area is 172 Å². The standard InChI is InChI=1S/C24H35N2OP/c1-4-15-24(16-5-2,20-12-7-6-8-13-20)26(3)23(27)18-21(25)17-19-11-9-10-14-22(19)28/h6-14,21H,4-5,15-18,25,28H2,1-3H3. The molecule has 0 saturated carbocycles. The second kappa shape index (κ2) is 10.7. The third kappa shape index (κ3) is 5.43. The van der Waals surface area contributed by atoms with Crippen LogP contribution in [0.2, 0.25) is 0 Å². The van der Waals surface area contributed by atoms with E-state index in [1.165, 1.54) is 11.1 Å². The van der Waals surface area contributed by atoms with E-state index in [1.807, 2.05) is 30.1 Å². The van der Waals surface area contributed by atoms with Crippen molar-refractivity contribution in [3.8, 4) is 0 Å². The van der Waals surface area contributed by atoms with Gasteiger partial charge in [-0.3, -0.25) is 4.79 Å².